The first-order chi connectivity index (χ1) is 16.4. The number of ether oxygens (including phenoxy) is 2. The molecule has 0 saturated heterocycles. The van der Waals surface area contributed by atoms with Gasteiger partial charge in [0.1, 0.15) is 6.61 Å². The molecule has 0 unspecified atom stereocenters. The molecule has 0 heterocycles. The zero-order valence-electron chi connectivity index (χ0n) is 20.9. The lowest BCUT2D eigenvalue weighted by Gasteiger charge is -2.30. The molecule has 5 heteroatoms. The van der Waals surface area contributed by atoms with E-state index in [1.54, 1.807) is 7.11 Å². The quantitative estimate of drug-likeness (QED) is 0.379. The van der Waals surface area contributed by atoms with E-state index in [-0.39, 0.29) is 5.91 Å². The first kappa shape index (κ1) is 25.3. The third-order valence-corrected chi connectivity index (χ3v) is 5.82. The summed E-state index contributed by atoms with van der Waals surface area (Å²) in [5.74, 6) is 1.10. The Kier molecular flexibility index (Phi) is 9.11. The largest absolute Gasteiger partial charge is 0.493 e. The molecule has 1 N–H and O–H groups in total. The van der Waals surface area contributed by atoms with E-state index in [0.29, 0.717) is 41.4 Å². The monoisotopic (exact) mass is 460 g/mol. The number of carbonyl (C=O) groups excluding carboxylic acids is 1. The van der Waals surface area contributed by atoms with E-state index < -0.39 is 0 Å². The summed E-state index contributed by atoms with van der Waals surface area (Å²) in [6, 6.07) is 24.3. The molecule has 0 radical (unpaired) electrons. The van der Waals surface area contributed by atoms with E-state index in [1.807, 2.05) is 60.7 Å². The highest BCUT2D eigenvalue weighted by molar-refractivity contribution is 6.04. The fraction of sp³-hybridized carbons (Fsp3) is 0.345. The highest BCUT2D eigenvalue weighted by atomic mass is 16.5. The van der Waals surface area contributed by atoms with Crippen LogP contribution in [0.1, 0.15) is 49.2 Å². The van der Waals surface area contributed by atoms with Crippen LogP contribution in [-0.2, 0) is 6.42 Å². The van der Waals surface area contributed by atoms with Crippen molar-refractivity contribution in [2.24, 2.45) is 0 Å². The molecule has 0 aliphatic heterocycles. The highest BCUT2D eigenvalue weighted by Crippen LogP contribution is 2.30. The van der Waals surface area contributed by atoms with Crippen LogP contribution in [0, 0.1) is 0 Å². The van der Waals surface area contributed by atoms with Crippen molar-refractivity contribution in [3.05, 3.63) is 89.5 Å². The van der Waals surface area contributed by atoms with Crippen molar-refractivity contribution in [2.75, 3.05) is 25.6 Å². The number of rotatable bonds is 11. The molecule has 0 aliphatic rings. The minimum atomic E-state index is -0.159. The summed E-state index contributed by atoms with van der Waals surface area (Å²) in [6.07, 6.45) is 0.840. The lowest BCUT2D eigenvalue weighted by Crippen LogP contribution is -2.39. The molecule has 0 bridgehead atoms. The molecule has 3 aromatic carbocycles. The van der Waals surface area contributed by atoms with Gasteiger partial charge in [-0.1, -0.05) is 42.5 Å². The van der Waals surface area contributed by atoms with Gasteiger partial charge in [0.15, 0.2) is 11.5 Å². The van der Waals surface area contributed by atoms with Crippen LogP contribution in [0.5, 0.6) is 11.5 Å². The van der Waals surface area contributed by atoms with Gasteiger partial charge < -0.3 is 14.8 Å². The van der Waals surface area contributed by atoms with Gasteiger partial charge in [-0.15, -0.1) is 0 Å². The summed E-state index contributed by atoms with van der Waals surface area (Å²) >= 11 is 0. The van der Waals surface area contributed by atoms with Crippen LogP contribution < -0.4 is 14.8 Å². The zero-order chi connectivity index (χ0) is 24.5. The Morgan fingerprint density at radius 1 is 0.853 bits per heavy atom. The molecular formula is C29H36N2O3. The third kappa shape index (κ3) is 7.09. The number of amides is 1. The summed E-state index contributed by atoms with van der Waals surface area (Å²) in [5, 5.41) is 2.97. The molecule has 0 saturated carbocycles. The van der Waals surface area contributed by atoms with Crippen molar-refractivity contribution >= 4 is 11.6 Å². The Morgan fingerprint density at radius 2 is 1.50 bits per heavy atom. The van der Waals surface area contributed by atoms with Gasteiger partial charge >= 0.3 is 0 Å². The normalized spacial score (nSPS) is 11.2. The Labute approximate surface area is 203 Å². The second-order valence-corrected chi connectivity index (χ2v) is 8.95. The number of carbonyl (C=O) groups is 1. The minimum absolute atomic E-state index is 0.159. The molecule has 0 aromatic heterocycles. The zero-order valence-corrected chi connectivity index (χ0v) is 20.9. The summed E-state index contributed by atoms with van der Waals surface area (Å²) in [4.78, 5) is 15.2. The number of methoxy groups -OCH3 is 1. The van der Waals surface area contributed by atoms with Crippen LogP contribution in [0.15, 0.2) is 72.8 Å². The maximum absolute atomic E-state index is 12.8. The number of nitrogens with zero attached hydrogens (tertiary/aromatic N) is 1. The minimum Gasteiger partial charge on any atom is -0.493 e. The molecule has 34 heavy (non-hydrogen) atoms. The average Bonchev–Trinajstić information content (AvgIpc) is 2.82. The second-order valence-electron chi connectivity index (χ2n) is 8.95. The van der Waals surface area contributed by atoms with Crippen LogP contribution in [0.3, 0.4) is 0 Å². The lowest BCUT2D eigenvalue weighted by atomic mass is 10.0. The van der Waals surface area contributed by atoms with Crippen molar-refractivity contribution in [3.63, 3.8) is 0 Å². The predicted molar refractivity (Wildman–Crippen MR) is 139 cm³/mol. The molecule has 0 fully saturated rings. The maximum atomic E-state index is 12.8. The van der Waals surface area contributed by atoms with Crippen LogP contribution >= 0.6 is 0 Å². The van der Waals surface area contributed by atoms with Crippen LogP contribution in [0.25, 0.3) is 0 Å². The van der Waals surface area contributed by atoms with E-state index in [9.17, 15) is 4.79 Å². The Balaban J connectivity index is 1.62. The molecule has 0 atom stereocenters. The Hall–Kier alpha value is -3.31. The van der Waals surface area contributed by atoms with Gasteiger partial charge in [-0.2, -0.15) is 0 Å². The van der Waals surface area contributed by atoms with E-state index in [4.69, 9.17) is 9.47 Å². The standard InChI is InChI=1S/C29H36N2O3/c1-21(2)31(22(3)4)17-18-34-28-20-26(15-16-27(28)33-5)30-29(32)25-13-11-24(12-14-25)19-23-9-7-6-8-10-23/h6-16,20-22H,17-19H2,1-5H3,(H,30,32). The second kappa shape index (κ2) is 12.2. The molecule has 1 amide bonds. The van der Waals surface area contributed by atoms with E-state index in [1.165, 1.54) is 11.1 Å². The highest BCUT2D eigenvalue weighted by Gasteiger charge is 2.14. The SMILES string of the molecule is COc1ccc(NC(=O)c2ccc(Cc3ccccc3)cc2)cc1OCCN(C(C)C)C(C)C. The van der Waals surface area contributed by atoms with E-state index >= 15 is 0 Å². The smallest absolute Gasteiger partial charge is 0.255 e. The Morgan fingerprint density at radius 3 is 2.12 bits per heavy atom. The molecular weight excluding hydrogens is 424 g/mol. The Bertz CT molecular complexity index is 1040. The van der Waals surface area contributed by atoms with Crippen molar-refractivity contribution in [2.45, 2.75) is 46.2 Å². The van der Waals surface area contributed by atoms with Crippen molar-refractivity contribution in [1.82, 2.24) is 4.90 Å². The first-order valence-corrected chi connectivity index (χ1v) is 11.9. The lowest BCUT2D eigenvalue weighted by molar-refractivity contribution is 0.102. The van der Waals surface area contributed by atoms with Gasteiger partial charge in [-0.25, -0.2) is 0 Å². The third-order valence-electron chi connectivity index (χ3n) is 5.82. The molecule has 5 nitrogen and oxygen atoms in total. The van der Waals surface area contributed by atoms with Gasteiger partial charge in [0, 0.05) is 35.9 Å². The number of nitrogens with one attached hydrogen (secondary N) is 1. The van der Waals surface area contributed by atoms with Gasteiger partial charge in [0.2, 0.25) is 0 Å². The molecule has 3 aromatic rings. The van der Waals surface area contributed by atoms with Crippen molar-refractivity contribution < 1.29 is 14.3 Å². The van der Waals surface area contributed by atoms with Crippen molar-refractivity contribution in [3.8, 4) is 11.5 Å². The number of benzene rings is 3. The predicted octanol–water partition coefficient (Wildman–Crippen LogP) is 6.04. The molecule has 180 valence electrons. The van der Waals surface area contributed by atoms with Crippen LogP contribution in [0.2, 0.25) is 0 Å². The fourth-order valence-electron chi connectivity index (χ4n) is 4.05. The van der Waals surface area contributed by atoms with E-state index in [0.717, 1.165) is 13.0 Å². The molecule has 0 spiro atoms. The van der Waals surface area contributed by atoms with Gasteiger partial charge in [-0.3, -0.25) is 9.69 Å². The van der Waals surface area contributed by atoms with Gasteiger partial charge in [0.25, 0.3) is 5.91 Å². The maximum Gasteiger partial charge on any atom is 0.255 e. The summed E-state index contributed by atoms with van der Waals surface area (Å²) in [6.45, 7) is 10.1. The number of anilines is 1. The van der Waals surface area contributed by atoms with Crippen LogP contribution in [-0.4, -0.2) is 43.2 Å². The first-order valence-electron chi connectivity index (χ1n) is 11.9. The van der Waals surface area contributed by atoms with Crippen molar-refractivity contribution in [1.29, 1.82) is 0 Å². The van der Waals surface area contributed by atoms with Gasteiger partial charge in [0.05, 0.1) is 7.11 Å². The van der Waals surface area contributed by atoms with Gasteiger partial charge in [-0.05, 0) is 69.5 Å². The topological polar surface area (TPSA) is 50.8 Å². The van der Waals surface area contributed by atoms with E-state index in [2.05, 4.69) is 50.0 Å². The molecule has 0 aliphatic carbocycles. The summed E-state index contributed by atoms with van der Waals surface area (Å²) in [5.41, 5.74) is 3.69. The number of hydrogen-bond donors (Lipinski definition) is 1. The average molecular weight is 461 g/mol. The summed E-state index contributed by atoms with van der Waals surface area (Å²) < 4.78 is 11.5. The summed E-state index contributed by atoms with van der Waals surface area (Å²) in [7, 11) is 1.62. The number of hydrogen-bond acceptors (Lipinski definition) is 4. The van der Waals surface area contributed by atoms with Crippen LogP contribution in [0.4, 0.5) is 5.69 Å². The molecule has 3 rings (SSSR count). The fourth-order valence-corrected chi connectivity index (χ4v) is 4.05.